The Morgan fingerprint density at radius 3 is 2.43 bits per heavy atom. The molecular formula is C18H21FN2O2. The summed E-state index contributed by atoms with van der Waals surface area (Å²) in [5.41, 5.74) is 1.51. The number of rotatable bonds is 7. The van der Waals surface area contributed by atoms with Crippen molar-refractivity contribution in [3.63, 3.8) is 0 Å². The molecule has 0 aliphatic heterocycles. The van der Waals surface area contributed by atoms with Gasteiger partial charge in [-0.1, -0.05) is 48.5 Å². The van der Waals surface area contributed by atoms with Gasteiger partial charge in [-0.3, -0.25) is 0 Å². The van der Waals surface area contributed by atoms with E-state index < -0.39 is 0 Å². The van der Waals surface area contributed by atoms with Crippen molar-refractivity contribution in [2.24, 2.45) is 0 Å². The van der Waals surface area contributed by atoms with E-state index in [9.17, 15) is 14.3 Å². The number of hydrogen-bond donors (Lipinski definition) is 3. The zero-order valence-electron chi connectivity index (χ0n) is 12.8. The van der Waals surface area contributed by atoms with Crippen LogP contribution in [0.2, 0.25) is 0 Å². The summed E-state index contributed by atoms with van der Waals surface area (Å²) in [7, 11) is 0. The van der Waals surface area contributed by atoms with Crippen LogP contribution in [0.15, 0.2) is 54.6 Å². The number of aliphatic hydroxyl groups is 1. The minimum atomic E-state index is -0.355. The van der Waals surface area contributed by atoms with Crippen molar-refractivity contribution in [2.75, 3.05) is 13.2 Å². The summed E-state index contributed by atoms with van der Waals surface area (Å²) in [6.45, 7) is 0.597. The third kappa shape index (κ3) is 5.38. The van der Waals surface area contributed by atoms with E-state index in [2.05, 4.69) is 10.6 Å². The Morgan fingerprint density at radius 2 is 1.74 bits per heavy atom. The second-order valence-corrected chi connectivity index (χ2v) is 5.27. The maximum absolute atomic E-state index is 13.5. The number of hydrogen-bond acceptors (Lipinski definition) is 2. The fraction of sp³-hybridized carbons (Fsp3) is 0.278. The van der Waals surface area contributed by atoms with Gasteiger partial charge in [0.1, 0.15) is 5.82 Å². The Kier molecular flexibility index (Phi) is 6.56. The molecule has 0 aliphatic carbocycles. The lowest BCUT2D eigenvalue weighted by atomic mass is 9.96. The van der Waals surface area contributed by atoms with Crippen molar-refractivity contribution in [2.45, 2.75) is 18.9 Å². The van der Waals surface area contributed by atoms with Gasteiger partial charge in [0, 0.05) is 31.2 Å². The van der Waals surface area contributed by atoms with Crippen LogP contribution in [0.25, 0.3) is 0 Å². The third-order valence-corrected chi connectivity index (χ3v) is 3.65. The molecule has 0 fully saturated rings. The van der Waals surface area contributed by atoms with Crippen LogP contribution < -0.4 is 10.6 Å². The quantitative estimate of drug-likeness (QED) is 0.735. The van der Waals surface area contributed by atoms with E-state index in [1.807, 2.05) is 30.3 Å². The maximum Gasteiger partial charge on any atom is 0.315 e. The standard InChI is InChI=1S/C18H21FN2O2/c19-17-9-5-4-8-16(17)13-21-18(23)20-12-15(10-11-22)14-6-2-1-3-7-14/h1-9,15,22H,10-13H2,(H2,20,21,23). The first-order valence-corrected chi connectivity index (χ1v) is 7.61. The zero-order valence-corrected chi connectivity index (χ0v) is 12.8. The van der Waals surface area contributed by atoms with Gasteiger partial charge >= 0.3 is 6.03 Å². The van der Waals surface area contributed by atoms with Gasteiger partial charge in [0.05, 0.1) is 0 Å². The van der Waals surface area contributed by atoms with Crippen molar-refractivity contribution >= 4 is 6.03 Å². The number of halogens is 1. The van der Waals surface area contributed by atoms with Gasteiger partial charge in [0.15, 0.2) is 0 Å². The van der Waals surface area contributed by atoms with Gasteiger partial charge < -0.3 is 15.7 Å². The van der Waals surface area contributed by atoms with E-state index in [0.717, 1.165) is 5.56 Å². The minimum absolute atomic E-state index is 0.0420. The molecule has 0 aromatic heterocycles. The summed E-state index contributed by atoms with van der Waals surface area (Å²) in [5, 5.41) is 14.6. The molecule has 122 valence electrons. The van der Waals surface area contributed by atoms with Crippen molar-refractivity contribution in [1.29, 1.82) is 0 Å². The van der Waals surface area contributed by atoms with E-state index in [-0.39, 0.29) is 30.9 Å². The Hall–Kier alpha value is -2.40. The Morgan fingerprint density at radius 1 is 1.04 bits per heavy atom. The van der Waals surface area contributed by atoms with Gasteiger partial charge in [-0.05, 0) is 18.1 Å². The molecule has 1 unspecified atom stereocenters. The first-order valence-electron chi connectivity index (χ1n) is 7.61. The lowest BCUT2D eigenvalue weighted by Crippen LogP contribution is -2.37. The lowest BCUT2D eigenvalue weighted by Gasteiger charge is -2.17. The molecule has 0 radical (unpaired) electrons. The van der Waals surface area contributed by atoms with Crippen LogP contribution in [0.3, 0.4) is 0 Å². The van der Waals surface area contributed by atoms with Gasteiger partial charge in [-0.15, -0.1) is 0 Å². The van der Waals surface area contributed by atoms with E-state index in [4.69, 9.17) is 0 Å². The summed E-state index contributed by atoms with van der Waals surface area (Å²) in [6, 6.07) is 15.7. The molecule has 2 aromatic carbocycles. The van der Waals surface area contributed by atoms with Gasteiger partial charge in [0.25, 0.3) is 0 Å². The van der Waals surface area contributed by atoms with Crippen LogP contribution in [0.4, 0.5) is 9.18 Å². The molecule has 23 heavy (non-hydrogen) atoms. The Balaban J connectivity index is 1.83. The highest BCUT2D eigenvalue weighted by atomic mass is 19.1. The molecule has 0 spiro atoms. The second kappa shape index (κ2) is 8.90. The summed E-state index contributed by atoms with van der Waals surface area (Å²) < 4.78 is 13.5. The summed E-state index contributed by atoms with van der Waals surface area (Å²) in [5.74, 6) is -0.296. The van der Waals surface area contributed by atoms with E-state index >= 15 is 0 Å². The largest absolute Gasteiger partial charge is 0.396 e. The average Bonchev–Trinajstić information content (AvgIpc) is 2.58. The zero-order chi connectivity index (χ0) is 16.5. The predicted octanol–water partition coefficient (Wildman–Crippen LogP) is 2.79. The van der Waals surface area contributed by atoms with Crippen LogP contribution in [-0.4, -0.2) is 24.3 Å². The summed E-state index contributed by atoms with van der Waals surface area (Å²) in [4.78, 5) is 11.9. The van der Waals surface area contributed by atoms with Crippen LogP contribution in [0.5, 0.6) is 0 Å². The van der Waals surface area contributed by atoms with Crippen LogP contribution in [0, 0.1) is 5.82 Å². The molecule has 2 rings (SSSR count). The van der Waals surface area contributed by atoms with Crippen LogP contribution in [0.1, 0.15) is 23.5 Å². The molecule has 0 aliphatic rings. The molecule has 2 amide bonds. The van der Waals surface area contributed by atoms with Gasteiger partial charge in [0.2, 0.25) is 0 Å². The van der Waals surface area contributed by atoms with E-state index in [0.29, 0.717) is 18.5 Å². The molecular weight excluding hydrogens is 295 g/mol. The normalized spacial score (nSPS) is 11.7. The average molecular weight is 316 g/mol. The van der Waals surface area contributed by atoms with Gasteiger partial charge in [-0.2, -0.15) is 0 Å². The molecule has 5 heteroatoms. The fourth-order valence-corrected chi connectivity index (χ4v) is 2.36. The first-order chi connectivity index (χ1) is 11.2. The topological polar surface area (TPSA) is 61.4 Å². The first kappa shape index (κ1) is 17.0. The monoisotopic (exact) mass is 316 g/mol. The van der Waals surface area contributed by atoms with Crippen molar-refractivity contribution < 1.29 is 14.3 Å². The summed E-state index contributed by atoms with van der Waals surface area (Å²) in [6.07, 6.45) is 0.567. The highest BCUT2D eigenvalue weighted by Crippen LogP contribution is 2.18. The Bertz CT molecular complexity index is 619. The third-order valence-electron chi connectivity index (χ3n) is 3.65. The molecule has 3 N–H and O–H groups in total. The number of carbonyl (C=O) groups is 1. The number of urea groups is 1. The number of nitrogens with one attached hydrogen (secondary N) is 2. The molecule has 2 aromatic rings. The predicted molar refractivity (Wildman–Crippen MR) is 87.5 cm³/mol. The lowest BCUT2D eigenvalue weighted by molar-refractivity contribution is 0.237. The maximum atomic E-state index is 13.5. The highest BCUT2D eigenvalue weighted by Gasteiger charge is 2.12. The minimum Gasteiger partial charge on any atom is -0.396 e. The molecule has 0 bridgehead atoms. The SMILES string of the molecule is O=C(NCc1ccccc1F)NCC(CCO)c1ccccc1. The van der Waals surface area contributed by atoms with Crippen molar-refractivity contribution in [1.82, 2.24) is 10.6 Å². The van der Waals surface area contributed by atoms with Crippen molar-refractivity contribution in [3.05, 3.63) is 71.5 Å². The number of carbonyl (C=O) groups excluding carboxylic acids is 1. The Labute approximate surface area is 135 Å². The highest BCUT2D eigenvalue weighted by molar-refractivity contribution is 5.73. The number of benzene rings is 2. The smallest absolute Gasteiger partial charge is 0.315 e. The van der Waals surface area contributed by atoms with E-state index in [1.54, 1.807) is 18.2 Å². The molecule has 4 nitrogen and oxygen atoms in total. The number of amides is 2. The molecule has 1 atom stereocenters. The number of aliphatic hydroxyl groups excluding tert-OH is 1. The molecule has 0 heterocycles. The van der Waals surface area contributed by atoms with Gasteiger partial charge in [-0.25, -0.2) is 9.18 Å². The van der Waals surface area contributed by atoms with E-state index in [1.165, 1.54) is 6.07 Å². The molecule has 0 saturated heterocycles. The molecule has 0 saturated carbocycles. The van der Waals surface area contributed by atoms with Crippen LogP contribution >= 0.6 is 0 Å². The van der Waals surface area contributed by atoms with Crippen LogP contribution in [-0.2, 0) is 6.54 Å². The summed E-state index contributed by atoms with van der Waals surface area (Å²) >= 11 is 0. The fourth-order valence-electron chi connectivity index (χ4n) is 2.36. The second-order valence-electron chi connectivity index (χ2n) is 5.27. The van der Waals surface area contributed by atoms with Crippen molar-refractivity contribution in [3.8, 4) is 0 Å².